The molecule has 0 radical (unpaired) electrons. The molecule has 1 N–H and O–H groups in total. The third-order valence-electron chi connectivity index (χ3n) is 10.6. The Labute approximate surface area is 288 Å². The number of carbonyl (C=O) groups is 1. The molecule has 0 aromatic heterocycles. The molecule has 4 aromatic rings. The maximum Gasteiger partial charge on any atom is 0.235 e. The normalized spacial score (nSPS) is 25.8. The number of anilines is 1. The second-order valence-corrected chi connectivity index (χ2v) is 15.2. The number of amides is 1. The van der Waals surface area contributed by atoms with Crippen molar-refractivity contribution in [2.24, 2.45) is 11.8 Å². The molecule has 4 aromatic carbocycles. The number of aliphatic hydroxyl groups excluding tert-OH is 1. The van der Waals surface area contributed by atoms with Crippen molar-refractivity contribution in [3.8, 4) is 5.75 Å². The molecule has 0 saturated carbocycles. The number of hydrogen-bond donors (Lipinski definition) is 1. The van der Waals surface area contributed by atoms with Crippen LogP contribution in [0.5, 0.6) is 5.75 Å². The van der Waals surface area contributed by atoms with Crippen molar-refractivity contribution in [3.05, 3.63) is 131 Å². The zero-order valence-corrected chi connectivity index (χ0v) is 28.5. The van der Waals surface area contributed by atoms with E-state index in [0.29, 0.717) is 30.7 Å². The predicted molar refractivity (Wildman–Crippen MR) is 187 cm³/mol. The van der Waals surface area contributed by atoms with Gasteiger partial charge < -0.3 is 14.3 Å². The van der Waals surface area contributed by atoms with Crippen LogP contribution in [0.4, 0.5) is 14.5 Å². The van der Waals surface area contributed by atoms with Gasteiger partial charge in [-0.25, -0.2) is 8.78 Å². The van der Waals surface area contributed by atoms with Crippen molar-refractivity contribution in [1.29, 1.82) is 0 Å². The van der Waals surface area contributed by atoms with Gasteiger partial charge in [0.2, 0.25) is 5.91 Å². The van der Waals surface area contributed by atoms with Gasteiger partial charge in [-0.2, -0.15) is 0 Å². The summed E-state index contributed by atoms with van der Waals surface area (Å²) in [7, 11) is 0. The van der Waals surface area contributed by atoms with E-state index >= 15 is 0 Å². The maximum absolute atomic E-state index is 13.8. The van der Waals surface area contributed by atoms with Gasteiger partial charge in [0.25, 0.3) is 0 Å². The lowest BCUT2D eigenvalue weighted by Gasteiger charge is -2.55. The molecule has 0 unspecified atom stereocenters. The molecule has 5 nitrogen and oxygen atoms in total. The molecule has 3 atom stereocenters. The summed E-state index contributed by atoms with van der Waals surface area (Å²) in [5.74, 6) is 0.453. The molecule has 8 heteroatoms. The van der Waals surface area contributed by atoms with E-state index in [1.807, 2.05) is 24.3 Å². The lowest BCUT2D eigenvalue weighted by molar-refractivity contribution is -0.955. The van der Waals surface area contributed by atoms with Crippen LogP contribution in [0, 0.1) is 23.5 Å². The van der Waals surface area contributed by atoms with Crippen molar-refractivity contribution in [2.45, 2.75) is 54.9 Å². The summed E-state index contributed by atoms with van der Waals surface area (Å²) >= 11 is 2.32. The van der Waals surface area contributed by atoms with Crippen LogP contribution in [0.2, 0.25) is 0 Å². The first-order valence-corrected chi connectivity index (χ1v) is 17.7. The zero-order valence-electron chi connectivity index (χ0n) is 26.3. The molecule has 2 bridgehead atoms. The Morgan fingerprint density at radius 1 is 0.830 bits per heavy atom. The quantitative estimate of drug-likeness (QED) is 0.0551. The van der Waals surface area contributed by atoms with Crippen molar-refractivity contribution < 1.29 is 27.9 Å². The number of halogens is 3. The number of alkyl halides is 1. The van der Waals surface area contributed by atoms with Crippen LogP contribution in [0.3, 0.4) is 0 Å². The van der Waals surface area contributed by atoms with Gasteiger partial charge in [0, 0.05) is 11.3 Å². The standard InChI is InChI=1S/C39H40F2IN2O3/c40-32-9-5-30(6-10-32)37(45)18-17-36-38(46)43(34-13-11-33(41)12-14-34)39(36,42)31-7-15-35(16-8-31)47-26-29-3-1-28(2-4-29)25-44-22-19-27(20-23-44)21-24-44/h1-16,27,36-37,45H,17-26H2/q+1/t27?,36-,37+,39+,44?/m1/s1. The summed E-state index contributed by atoms with van der Waals surface area (Å²) in [6.07, 6.45) is 4.08. The maximum atomic E-state index is 13.8. The molecule has 4 heterocycles. The lowest BCUT2D eigenvalue weighted by atomic mass is 9.78. The lowest BCUT2D eigenvalue weighted by Crippen LogP contribution is -2.65. The second-order valence-electron chi connectivity index (χ2n) is 13.6. The van der Waals surface area contributed by atoms with Crippen LogP contribution >= 0.6 is 22.6 Å². The molecular formula is C39H40F2IN2O3+. The Bertz CT molecular complexity index is 1680. The number of benzene rings is 4. The number of ether oxygens (including phenoxy) is 1. The summed E-state index contributed by atoms with van der Waals surface area (Å²) in [6, 6.07) is 28.4. The molecule has 1 amide bonds. The number of quaternary nitrogens is 1. The van der Waals surface area contributed by atoms with Gasteiger partial charge in [0.05, 0.1) is 31.7 Å². The largest absolute Gasteiger partial charge is 0.489 e. The Morgan fingerprint density at radius 3 is 2.02 bits per heavy atom. The first-order chi connectivity index (χ1) is 22.7. The second kappa shape index (κ2) is 13.3. The third-order valence-corrected chi connectivity index (χ3v) is 12.5. The fraction of sp³-hybridized carbons (Fsp3) is 0.359. The molecule has 244 valence electrons. The van der Waals surface area contributed by atoms with Crippen LogP contribution < -0.4 is 9.64 Å². The molecular weight excluding hydrogens is 709 g/mol. The van der Waals surface area contributed by atoms with Gasteiger partial charge in [-0.15, -0.1) is 0 Å². The molecule has 4 fully saturated rings. The smallest absolute Gasteiger partial charge is 0.235 e. The highest BCUT2D eigenvalue weighted by molar-refractivity contribution is 14.1. The molecule has 47 heavy (non-hydrogen) atoms. The first kappa shape index (κ1) is 32.2. The van der Waals surface area contributed by atoms with E-state index in [9.17, 15) is 18.7 Å². The number of piperidine rings is 3. The molecule has 4 aliphatic heterocycles. The Balaban J connectivity index is 1.03. The Hall–Kier alpha value is -3.34. The Morgan fingerprint density at radius 2 is 1.40 bits per heavy atom. The summed E-state index contributed by atoms with van der Waals surface area (Å²) < 4.78 is 33.8. The fourth-order valence-corrected chi connectivity index (χ4v) is 9.20. The molecule has 0 spiro atoms. The minimum absolute atomic E-state index is 0.0874. The number of aliphatic hydroxyl groups is 1. The average molecular weight is 750 g/mol. The van der Waals surface area contributed by atoms with E-state index in [1.54, 1.807) is 29.2 Å². The number of rotatable bonds is 11. The van der Waals surface area contributed by atoms with E-state index in [1.165, 1.54) is 73.2 Å². The molecule has 4 saturated heterocycles. The van der Waals surface area contributed by atoms with E-state index in [2.05, 4.69) is 46.9 Å². The minimum Gasteiger partial charge on any atom is -0.489 e. The highest BCUT2D eigenvalue weighted by Crippen LogP contribution is 2.56. The van der Waals surface area contributed by atoms with Crippen molar-refractivity contribution >= 4 is 34.2 Å². The summed E-state index contributed by atoms with van der Waals surface area (Å²) in [4.78, 5) is 15.3. The van der Waals surface area contributed by atoms with Gasteiger partial charge in [-0.1, -0.05) is 48.5 Å². The fourth-order valence-electron chi connectivity index (χ4n) is 7.75. The van der Waals surface area contributed by atoms with E-state index in [4.69, 9.17) is 4.74 Å². The highest BCUT2D eigenvalue weighted by Gasteiger charge is 2.59. The molecule has 4 aliphatic rings. The van der Waals surface area contributed by atoms with Crippen molar-refractivity contribution in [2.75, 3.05) is 24.5 Å². The molecule has 0 aliphatic carbocycles. The van der Waals surface area contributed by atoms with Crippen LogP contribution in [0.25, 0.3) is 0 Å². The monoisotopic (exact) mass is 749 g/mol. The number of carbonyl (C=O) groups excluding carboxylic acids is 1. The van der Waals surface area contributed by atoms with Crippen LogP contribution in [0.15, 0.2) is 97.1 Å². The van der Waals surface area contributed by atoms with Gasteiger partial charge in [-0.05, 0) is 126 Å². The molecule has 8 rings (SSSR count). The van der Waals surface area contributed by atoms with Gasteiger partial charge >= 0.3 is 0 Å². The first-order valence-electron chi connectivity index (χ1n) is 16.6. The number of nitrogens with zero attached hydrogens (tertiary/aromatic N) is 2. The third kappa shape index (κ3) is 6.56. The van der Waals surface area contributed by atoms with E-state index in [-0.39, 0.29) is 17.5 Å². The summed E-state index contributed by atoms with van der Waals surface area (Å²) in [6.45, 7) is 5.54. The predicted octanol–water partition coefficient (Wildman–Crippen LogP) is 8.44. The van der Waals surface area contributed by atoms with Gasteiger partial charge in [0.15, 0.2) is 0 Å². The van der Waals surface area contributed by atoms with E-state index in [0.717, 1.165) is 29.3 Å². The van der Waals surface area contributed by atoms with Crippen LogP contribution in [-0.4, -0.2) is 35.1 Å². The van der Waals surface area contributed by atoms with Gasteiger partial charge in [0.1, 0.15) is 34.1 Å². The number of β-lactam (4-membered cyclic amide) rings is 1. The SMILES string of the molecule is O=C1[C@@H](CC[C@H](O)c2ccc(F)cc2)[C@](I)(c2ccc(OCc3ccc(C[N+]45CCC(CC4)CC5)cc3)cc2)N1c1ccc(F)cc1. The van der Waals surface area contributed by atoms with Gasteiger partial charge in [-0.3, -0.25) is 9.69 Å². The minimum atomic E-state index is -0.824. The van der Waals surface area contributed by atoms with Crippen LogP contribution in [0.1, 0.15) is 60.5 Å². The average Bonchev–Trinajstić information content (AvgIpc) is 3.10. The zero-order chi connectivity index (χ0) is 32.6. The highest BCUT2D eigenvalue weighted by atomic mass is 127. The Kier molecular flexibility index (Phi) is 9.11. The van der Waals surface area contributed by atoms with Crippen molar-refractivity contribution in [1.82, 2.24) is 0 Å². The summed E-state index contributed by atoms with van der Waals surface area (Å²) in [5.41, 5.74) is 4.64. The topological polar surface area (TPSA) is 49.8 Å². The van der Waals surface area contributed by atoms with E-state index < -0.39 is 15.6 Å². The number of fused-ring (bicyclic) bond motifs is 3. The van der Waals surface area contributed by atoms with Crippen LogP contribution in [-0.2, 0) is 21.5 Å². The summed E-state index contributed by atoms with van der Waals surface area (Å²) in [5, 5.41) is 10.8. The van der Waals surface area contributed by atoms with Crippen molar-refractivity contribution in [3.63, 3.8) is 0 Å². The number of hydrogen-bond acceptors (Lipinski definition) is 3.